The fraction of sp³-hybridized carbons (Fsp3) is 0.444. The second-order valence-corrected chi connectivity index (χ2v) is 3.42. The van der Waals surface area contributed by atoms with Crippen LogP contribution >= 0.6 is 11.3 Å². The van der Waals surface area contributed by atoms with Crippen molar-refractivity contribution in [3.63, 3.8) is 0 Å². The van der Waals surface area contributed by atoms with Gasteiger partial charge in [0.25, 0.3) is 0 Å². The van der Waals surface area contributed by atoms with Gasteiger partial charge < -0.3 is 5.32 Å². The van der Waals surface area contributed by atoms with E-state index in [2.05, 4.69) is 35.1 Å². The Balaban J connectivity index is 2.30. The molecular formula is C9H12N2S. The molecule has 1 unspecified atom stereocenters. The maximum atomic E-state index is 8.32. The Morgan fingerprint density at radius 2 is 2.58 bits per heavy atom. The normalized spacial score (nSPS) is 12.3. The molecule has 0 saturated heterocycles. The third-order valence-corrected chi connectivity index (χ3v) is 2.43. The van der Waals surface area contributed by atoms with Gasteiger partial charge in [-0.2, -0.15) is 16.6 Å². The van der Waals surface area contributed by atoms with Gasteiger partial charge in [-0.3, -0.25) is 0 Å². The molecule has 1 rings (SSSR count). The molecule has 1 aromatic rings. The van der Waals surface area contributed by atoms with Crippen LogP contribution in [0.4, 0.5) is 0 Å². The number of hydrogen-bond acceptors (Lipinski definition) is 3. The van der Waals surface area contributed by atoms with Crippen molar-refractivity contribution in [3.05, 3.63) is 22.4 Å². The molecular weight excluding hydrogens is 168 g/mol. The molecule has 0 bridgehead atoms. The summed E-state index contributed by atoms with van der Waals surface area (Å²) in [6.45, 7) is 2.88. The van der Waals surface area contributed by atoms with E-state index in [1.165, 1.54) is 5.56 Å². The molecule has 0 spiro atoms. The molecule has 0 aliphatic heterocycles. The quantitative estimate of drug-likeness (QED) is 0.722. The van der Waals surface area contributed by atoms with E-state index in [4.69, 9.17) is 5.26 Å². The molecule has 0 amide bonds. The van der Waals surface area contributed by atoms with E-state index < -0.39 is 0 Å². The molecule has 64 valence electrons. The van der Waals surface area contributed by atoms with Gasteiger partial charge in [0, 0.05) is 19.0 Å². The predicted octanol–water partition coefficient (Wildman–Crippen LogP) is 2.31. The van der Waals surface area contributed by atoms with E-state index >= 15 is 0 Å². The van der Waals surface area contributed by atoms with Crippen LogP contribution in [0.3, 0.4) is 0 Å². The van der Waals surface area contributed by atoms with Gasteiger partial charge in [0.15, 0.2) is 0 Å². The summed E-state index contributed by atoms with van der Waals surface area (Å²) in [4.78, 5) is 0. The molecule has 1 heterocycles. The average molecular weight is 180 g/mol. The topological polar surface area (TPSA) is 35.8 Å². The molecule has 1 atom stereocenters. The smallest absolute Gasteiger partial charge is 0.0635 e. The lowest BCUT2D eigenvalue weighted by molar-refractivity contribution is 0.584. The van der Waals surface area contributed by atoms with Gasteiger partial charge in [0.05, 0.1) is 6.07 Å². The van der Waals surface area contributed by atoms with E-state index in [0.717, 1.165) is 6.54 Å². The van der Waals surface area contributed by atoms with Gasteiger partial charge in [0.1, 0.15) is 0 Å². The van der Waals surface area contributed by atoms with Crippen LogP contribution < -0.4 is 5.32 Å². The highest BCUT2D eigenvalue weighted by atomic mass is 32.1. The van der Waals surface area contributed by atoms with Crippen LogP contribution in [-0.4, -0.2) is 6.54 Å². The summed E-state index contributed by atoms with van der Waals surface area (Å²) < 4.78 is 0. The highest BCUT2D eigenvalue weighted by Crippen LogP contribution is 2.14. The van der Waals surface area contributed by atoms with Gasteiger partial charge >= 0.3 is 0 Å². The van der Waals surface area contributed by atoms with Crippen LogP contribution in [0.1, 0.15) is 24.9 Å². The van der Waals surface area contributed by atoms with Crippen LogP contribution in [-0.2, 0) is 0 Å². The first-order valence-electron chi connectivity index (χ1n) is 3.97. The molecule has 3 heteroatoms. The zero-order chi connectivity index (χ0) is 8.81. The summed E-state index contributed by atoms with van der Waals surface area (Å²) in [6, 6.07) is 4.58. The molecule has 1 N–H and O–H groups in total. The highest BCUT2D eigenvalue weighted by molar-refractivity contribution is 7.07. The van der Waals surface area contributed by atoms with Crippen LogP contribution in [0.15, 0.2) is 16.8 Å². The second-order valence-electron chi connectivity index (χ2n) is 2.64. The van der Waals surface area contributed by atoms with Gasteiger partial charge in [-0.1, -0.05) is 0 Å². The molecule has 1 aromatic heterocycles. The molecule has 2 nitrogen and oxygen atoms in total. The summed E-state index contributed by atoms with van der Waals surface area (Å²) in [5, 5.41) is 15.8. The number of nitrogens with zero attached hydrogens (tertiary/aromatic N) is 1. The Kier molecular flexibility index (Phi) is 3.78. The molecule has 0 aliphatic rings. The lowest BCUT2D eigenvalue weighted by Gasteiger charge is -2.09. The largest absolute Gasteiger partial charge is 0.309 e. The summed E-state index contributed by atoms with van der Waals surface area (Å²) in [7, 11) is 0. The number of nitriles is 1. The minimum Gasteiger partial charge on any atom is -0.309 e. The van der Waals surface area contributed by atoms with Crippen molar-refractivity contribution in [1.29, 1.82) is 5.26 Å². The van der Waals surface area contributed by atoms with Gasteiger partial charge in [0.2, 0.25) is 0 Å². The molecule has 0 aliphatic carbocycles. The zero-order valence-corrected chi connectivity index (χ0v) is 7.90. The van der Waals surface area contributed by atoms with Gasteiger partial charge in [-0.15, -0.1) is 0 Å². The van der Waals surface area contributed by atoms with Crippen molar-refractivity contribution in [2.75, 3.05) is 6.54 Å². The van der Waals surface area contributed by atoms with Gasteiger partial charge in [-0.05, 0) is 29.3 Å². The Morgan fingerprint density at radius 1 is 1.75 bits per heavy atom. The van der Waals surface area contributed by atoms with Crippen molar-refractivity contribution in [1.82, 2.24) is 5.32 Å². The van der Waals surface area contributed by atoms with Crippen LogP contribution in [0.25, 0.3) is 0 Å². The number of thiophene rings is 1. The fourth-order valence-electron chi connectivity index (χ4n) is 0.984. The van der Waals surface area contributed by atoms with Crippen molar-refractivity contribution >= 4 is 11.3 Å². The molecule has 0 fully saturated rings. The van der Waals surface area contributed by atoms with Crippen molar-refractivity contribution in [2.45, 2.75) is 19.4 Å². The van der Waals surface area contributed by atoms with Crippen molar-refractivity contribution in [2.24, 2.45) is 0 Å². The van der Waals surface area contributed by atoms with E-state index in [-0.39, 0.29) is 0 Å². The summed E-state index contributed by atoms with van der Waals surface area (Å²) in [6.07, 6.45) is 0.578. The maximum absolute atomic E-state index is 8.32. The SMILES string of the molecule is CC(NCCC#N)c1ccsc1. The van der Waals surface area contributed by atoms with E-state index in [9.17, 15) is 0 Å². The van der Waals surface area contributed by atoms with Crippen LogP contribution in [0, 0.1) is 11.3 Å². The first-order valence-corrected chi connectivity index (χ1v) is 4.91. The summed E-state index contributed by atoms with van der Waals surface area (Å²) in [5.74, 6) is 0. The lowest BCUT2D eigenvalue weighted by atomic mass is 10.2. The molecule has 0 radical (unpaired) electrons. The minimum atomic E-state index is 0.365. The first kappa shape index (κ1) is 9.24. The number of rotatable bonds is 4. The highest BCUT2D eigenvalue weighted by Gasteiger charge is 2.02. The monoisotopic (exact) mass is 180 g/mol. The Labute approximate surface area is 76.8 Å². The van der Waals surface area contributed by atoms with E-state index in [0.29, 0.717) is 12.5 Å². The third-order valence-electron chi connectivity index (χ3n) is 1.73. The van der Waals surface area contributed by atoms with E-state index in [1.807, 2.05) is 0 Å². The average Bonchev–Trinajstić information content (AvgIpc) is 2.56. The molecule has 0 saturated carbocycles. The Bertz CT molecular complexity index is 248. The van der Waals surface area contributed by atoms with Gasteiger partial charge in [-0.25, -0.2) is 0 Å². The second kappa shape index (κ2) is 4.91. The zero-order valence-electron chi connectivity index (χ0n) is 7.08. The number of nitrogens with one attached hydrogen (secondary N) is 1. The Hall–Kier alpha value is -0.850. The summed E-state index contributed by atoms with van der Waals surface area (Å²) >= 11 is 1.70. The lowest BCUT2D eigenvalue weighted by Crippen LogP contribution is -2.18. The fourth-order valence-corrected chi connectivity index (χ4v) is 1.74. The Morgan fingerprint density at radius 3 is 3.17 bits per heavy atom. The van der Waals surface area contributed by atoms with Crippen molar-refractivity contribution < 1.29 is 0 Å². The standard InChI is InChI=1S/C9H12N2S/c1-8(11-5-2-4-10)9-3-6-12-7-9/h3,6-8,11H,2,5H2,1H3. The number of hydrogen-bond donors (Lipinski definition) is 1. The predicted molar refractivity (Wildman–Crippen MR) is 51.0 cm³/mol. The third kappa shape index (κ3) is 2.65. The van der Waals surface area contributed by atoms with E-state index in [1.54, 1.807) is 11.3 Å². The minimum absolute atomic E-state index is 0.365. The summed E-state index contributed by atoms with van der Waals surface area (Å²) in [5.41, 5.74) is 1.30. The van der Waals surface area contributed by atoms with Crippen LogP contribution in [0.5, 0.6) is 0 Å². The molecule has 12 heavy (non-hydrogen) atoms. The van der Waals surface area contributed by atoms with Crippen LogP contribution in [0.2, 0.25) is 0 Å². The first-order chi connectivity index (χ1) is 5.84. The maximum Gasteiger partial charge on any atom is 0.0635 e. The van der Waals surface area contributed by atoms with Crippen molar-refractivity contribution in [3.8, 4) is 6.07 Å². The molecule has 0 aromatic carbocycles.